The molecule has 0 spiro atoms. The van der Waals surface area contributed by atoms with Crippen molar-refractivity contribution in [1.29, 1.82) is 0 Å². The average molecular weight is 337 g/mol. The third-order valence-corrected chi connectivity index (χ3v) is 4.70. The Labute approximate surface area is 146 Å². The molecule has 1 amide bonds. The molecule has 0 unspecified atom stereocenters. The first-order valence-electron chi connectivity index (χ1n) is 8.68. The van der Waals surface area contributed by atoms with Crippen LogP contribution in [-0.4, -0.2) is 38.2 Å². The first-order chi connectivity index (χ1) is 12.1. The number of amides is 1. The lowest BCUT2D eigenvalue weighted by molar-refractivity contribution is -0.117. The van der Waals surface area contributed by atoms with Gasteiger partial charge < -0.3 is 10.3 Å². The molecule has 130 valence electrons. The van der Waals surface area contributed by atoms with Crippen molar-refractivity contribution >= 4 is 22.5 Å². The maximum atomic E-state index is 12.5. The summed E-state index contributed by atoms with van der Waals surface area (Å²) in [5.41, 5.74) is 4.01. The summed E-state index contributed by atoms with van der Waals surface area (Å²) >= 11 is 0. The van der Waals surface area contributed by atoms with Crippen LogP contribution >= 0.6 is 0 Å². The molecule has 1 aliphatic rings. The van der Waals surface area contributed by atoms with Gasteiger partial charge >= 0.3 is 0 Å². The molecule has 1 fully saturated rings. The van der Waals surface area contributed by atoms with E-state index in [9.17, 15) is 4.79 Å². The molecule has 2 N–H and O–H groups in total. The van der Waals surface area contributed by atoms with Gasteiger partial charge in [0.15, 0.2) is 0 Å². The molecule has 0 atom stereocenters. The number of aromatic amines is 1. The second-order valence-corrected chi connectivity index (χ2v) is 6.89. The van der Waals surface area contributed by atoms with E-state index in [-0.39, 0.29) is 5.91 Å². The Balaban J connectivity index is 1.44. The van der Waals surface area contributed by atoms with Crippen molar-refractivity contribution in [3.05, 3.63) is 47.9 Å². The molecule has 2 aromatic heterocycles. The minimum Gasteiger partial charge on any atom is -0.361 e. The number of hydrogen-bond donors (Lipinski definition) is 2. The molecule has 6 nitrogen and oxygen atoms in total. The molecule has 1 aliphatic carbocycles. The van der Waals surface area contributed by atoms with E-state index >= 15 is 0 Å². The molecule has 0 saturated heterocycles. The van der Waals surface area contributed by atoms with Gasteiger partial charge in [0.1, 0.15) is 0 Å². The number of fused-ring (bicyclic) bond motifs is 1. The fourth-order valence-electron chi connectivity index (χ4n) is 3.29. The van der Waals surface area contributed by atoms with Crippen LogP contribution in [0.4, 0.5) is 5.69 Å². The fourth-order valence-corrected chi connectivity index (χ4v) is 3.29. The summed E-state index contributed by atoms with van der Waals surface area (Å²) in [7, 11) is 1.86. The summed E-state index contributed by atoms with van der Waals surface area (Å²) in [5.74, 6) is 0.0192. The van der Waals surface area contributed by atoms with Crippen molar-refractivity contribution in [3.63, 3.8) is 0 Å². The smallest absolute Gasteiger partial charge is 0.238 e. The van der Waals surface area contributed by atoms with Gasteiger partial charge in [0.25, 0.3) is 0 Å². The van der Waals surface area contributed by atoms with Crippen LogP contribution in [0.1, 0.15) is 24.1 Å². The summed E-state index contributed by atoms with van der Waals surface area (Å²) in [4.78, 5) is 18.0. The fraction of sp³-hybridized carbons (Fsp3) is 0.368. The third kappa shape index (κ3) is 3.58. The molecule has 2 heterocycles. The number of nitrogens with zero attached hydrogens (tertiary/aromatic N) is 3. The summed E-state index contributed by atoms with van der Waals surface area (Å²) in [6, 6.07) is 9.04. The molecule has 0 bridgehead atoms. The lowest BCUT2D eigenvalue weighted by Gasteiger charge is -2.21. The van der Waals surface area contributed by atoms with Crippen molar-refractivity contribution in [3.8, 4) is 0 Å². The Hall–Kier alpha value is -2.60. The number of carbonyl (C=O) groups is 1. The number of benzene rings is 1. The van der Waals surface area contributed by atoms with Gasteiger partial charge in [0.05, 0.1) is 17.9 Å². The normalized spacial score (nSPS) is 14.4. The number of aromatic nitrogens is 3. The summed E-state index contributed by atoms with van der Waals surface area (Å²) in [5, 5.41) is 8.47. The molecular weight excluding hydrogens is 314 g/mol. The predicted molar refractivity (Wildman–Crippen MR) is 98.3 cm³/mol. The van der Waals surface area contributed by atoms with Crippen LogP contribution in [0.3, 0.4) is 0 Å². The Kier molecular flexibility index (Phi) is 4.05. The molecule has 25 heavy (non-hydrogen) atoms. The van der Waals surface area contributed by atoms with Crippen molar-refractivity contribution in [2.75, 3.05) is 11.9 Å². The highest BCUT2D eigenvalue weighted by Crippen LogP contribution is 2.28. The van der Waals surface area contributed by atoms with Crippen molar-refractivity contribution in [1.82, 2.24) is 19.7 Å². The highest BCUT2D eigenvalue weighted by molar-refractivity contribution is 5.92. The van der Waals surface area contributed by atoms with Crippen molar-refractivity contribution in [2.45, 2.75) is 32.4 Å². The standard InChI is InChI=1S/C19H23N5O/c1-13-18(11-23(2)22-13)21-19(25)12-24(16-4-5-16)10-14-3-6-17-15(9-14)7-8-20-17/h3,6-9,11,16,20H,4-5,10,12H2,1-2H3,(H,21,25). The Bertz CT molecular complexity index is 906. The van der Waals surface area contributed by atoms with Gasteiger partial charge in [-0.2, -0.15) is 5.10 Å². The lowest BCUT2D eigenvalue weighted by Crippen LogP contribution is -2.34. The number of nitrogens with one attached hydrogen (secondary N) is 2. The van der Waals surface area contributed by atoms with Crippen LogP contribution < -0.4 is 5.32 Å². The number of aryl methyl sites for hydroxylation is 2. The number of carbonyl (C=O) groups excluding carboxylic acids is 1. The molecule has 0 aliphatic heterocycles. The summed E-state index contributed by atoms with van der Waals surface area (Å²) in [6.07, 6.45) is 6.14. The second-order valence-electron chi connectivity index (χ2n) is 6.89. The topological polar surface area (TPSA) is 66.0 Å². The van der Waals surface area contributed by atoms with Crippen LogP contribution in [-0.2, 0) is 18.4 Å². The second kappa shape index (κ2) is 6.37. The largest absolute Gasteiger partial charge is 0.361 e. The number of hydrogen-bond acceptors (Lipinski definition) is 3. The molecule has 3 aromatic rings. The van der Waals surface area contributed by atoms with Crippen LogP contribution in [0.5, 0.6) is 0 Å². The van der Waals surface area contributed by atoms with Crippen LogP contribution in [0, 0.1) is 6.92 Å². The first-order valence-corrected chi connectivity index (χ1v) is 8.68. The van der Waals surface area contributed by atoms with E-state index in [0.29, 0.717) is 12.6 Å². The van der Waals surface area contributed by atoms with Crippen molar-refractivity contribution < 1.29 is 4.79 Å². The average Bonchev–Trinajstić information content (AvgIpc) is 3.23. The zero-order valence-corrected chi connectivity index (χ0v) is 14.6. The molecule has 1 aromatic carbocycles. The van der Waals surface area contributed by atoms with E-state index in [1.165, 1.54) is 23.8 Å². The van der Waals surface area contributed by atoms with Gasteiger partial charge in [0.2, 0.25) is 5.91 Å². The molecule has 6 heteroatoms. The van der Waals surface area contributed by atoms with Gasteiger partial charge in [-0.05, 0) is 48.9 Å². The molecule has 4 rings (SSSR count). The predicted octanol–water partition coefficient (Wildman–Crippen LogP) is 2.81. The Morgan fingerprint density at radius 1 is 1.40 bits per heavy atom. The van der Waals surface area contributed by atoms with E-state index in [4.69, 9.17) is 0 Å². The number of rotatable bonds is 6. The highest BCUT2D eigenvalue weighted by Gasteiger charge is 2.30. The maximum absolute atomic E-state index is 12.5. The Morgan fingerprint density at radius 2 is 2.24 bits per heavy atom. The van der Waals surface area contributed by atoms with Gasteiger partial charge in [-0.15, -0.1) is 0 Å². The SMILES string of the molecule is Cc1nn(C)cc1NC(=O)CN(Cc1ccc2[nH]ccc2c1)C1CC1. The van der Waals surface area contributed by atoms with Crippen LogP contribution in [0.15, 0.2) is 36.7 Å². The van der Waals surface area contributed by atoms with Gasteiger partial charge in [-0.25, -0.2) is 0 Å². The number of anilines is 1. The maximum Gasteiger partial charge on any atom is 0.238 e. The van der Waals surface area contributed by atoms with E-state index < -0.39 is 0 Å². The Morgan fingerprint density at radius 3 is 2.96 bits per heavy atom. The molecule has 1 saturated carbocycles. The molecular formula is C19H23N5O. The molecule has 0 radical (unpaired) electrons. The van der Waals surface area contributed by atoms with E-state index in [2.05, 4.69) is 44.6 Å². The van der Waals surface area contributed by atoms with Gasteiger partial charge in [-0.3, -0.25) is 14.4 Å². The minimum absolute atomic E-state index is 0.0192. The lowest BCUT2D eigenvalue weighted by atomic mass is 10.1. The van der Waals surface area contributed by atoms with Crippen molar-refractivity contribution in [2.24, 2.45) is 7.05 Å². The quantitative estimate of drug-likeness (QED) is 0.727. The zero-order valence-electron chi connectivity index (χ0n) is 14.6. The number of H-pyrrole nitrogens is 1. The zero-order chi connectivity index (χ0) is 17.4. The van der Waals surface area contributed by atoms with E-state index in [0.717, 1.165) is 23.4 Å². The summed E-state index contributed by atoms with van der Waals surface area (Å²) in [6.45, 7) is 3.11. The van der Waals surface area contributed by atoms with Gasteiger partial charge in [0, 0.05) is 37.5 Å². The van der Waals surface area contributed by atoms with Crippen LogP contribution in [0.2, 0.25) is 0 Å². The summed E-state index contributed by atoms with van der Waals surface area (Å²) < 4.78 is 1.72. The van der Waals surface area contributed by atoms with E-state index in [1.807, 2.05) is 26.4 Å². The third-order valence-electron chi connectivity index (χ3n) is 4.70. The van der Waals surface area contributed by atoms with Crippen LogP contribution in [0.25, 0.3) is 10.9 Å². The van der Waals surface area contributed by atoms with Gasteiger partial charge in [-0.1, -0.05) is 6.07 Å². The minimum atomic E-state index is 0.0192. The van der Waals surface area contributed by atoms with E-state index in [1.54, 1.807) is 4.68 Å². The highest BCUT2D eigenvalue weighted by atomic mass is 16.2. The first kappa shape index (κ1) is 15.9. The monoisotopic (exact) mass is 337 g/mol.